The van der Waals surface area contributed by atoms with Crippen molar-refractivity contribution in [3.8, 4) is 0 Å². The molecule has 1 saturated heterocycles. The molecule has 0 aromatic carbocycles. The Kier molecular flexibility index (Phi) is 5.79. The highest BCUT2D eigenvalue weighted by Gasteiger charge is 2.43. The van der Waals surface area contributed by atoms with Crippen LogP contribution in [0.25, 0.3) is 0 Å². The maximum atomic E-state index is 12.7. The SMILES string of the molecule is CC[C@]1(NC(=O)OC(C)(C)C)CCCCN(CC(=O)O)C1=O. The molecular weight excluding hydrogens is 288 g/mol. The van der Waals surface area contributed by atoms with Crippen molar-refractivity contribution in [2.45, 2.75) is 64.5 Å². The number of carboxylic acids is 1. The second-order valence-electron chi connectivity index (χ2n) is 6.64. The molecule has 0 aliphatic carbocycles. The second kappa shape index (κ2) is 6.98. The number of hydrogen-bond donors (Lipinski definition) is 2. The van der Waals surface area contributed by atoms with Gasteiger partial charge in [0.25, 0.3) is 0 Å². The summed E-state index contributed by atoms with van der Waals surface area (Å²) >= 11 is 0. The molecule has 0 unspecified atom stereocenters. The highest BCUT2D eigenvalue weighted by Crippen LogP contribution is 2.26. The number of nitrogens with zero attached hydrogens (tertiary/aromatic N) is 1. The van der Waals surface area contributed by atoms with Crippen LogP contribution >= 0.6 is 0 Å². The fraction of sp³-hybridized carbons (Fsp3) is 0.800. The highest BCUT2D eigenvalue weighted by atomic mass is 16.6. The molecule has 0 aromatic rings. The molecule has 0 radical (unpaired) electrons. The lowest BCUT2D eigenvalue weighted by Crippen LogP contribution is -2.59. The summed E-state index contributed by atoms with van der Waals surface area (Å²) in [6.45, 7) is 7.09. The van der Waals surface area contributed by atoms with Crippen molar-refractivity contribution in [1.82, 2.24) is 10.2 Å². The molecule has 1 atom stereocenters. The summed E-state index contributed by atoms with van der Waals surface area (Å²) < 4.78 is 5.24. The van der Waals surface area contributed by atoms with Gasteiger partial charge in [0.15, 0.2) is 0 Å². The average molecular weight is 314 g/mol. The molecule has 2 amide bonds. The molecule has 1 heterocycles. The van der Waals surface area contributed by atoms with Gasteiger partial charge in [0, 0.05) is 6.54 Å². The summed E-state index contributed by atoms with van der Waals surface area (Å²) in [6.07, 6.45) is 1.68. The van der Waals surface area contributed by atoms with Crippen molar-refractivity contribution in [2.75, 3.05) is 13.1 Å². The third kappa shape index (κ3) is 4.89. The van der Waals surface area contributed by atoms with Crippen molar-refractivity contribution < 1.29 is 24.2 Å². The maximum absolute atomic E-state index is 12.7. The minimum absolute atomic E-state index is 0.347. The molecule has 7 nitrogen and oxygen atoms in total. The van der Waals surface area contributed by atoms with Gasteiger partial charge in [-0.15, -0.1) is 0 Å². The molecule has 1 aliphatic rings. The van der Waals surface area contributed by atoms with E-state index in [1.54, 1.807) is 27.7 Å². The smallest absolute Gasteiger partial charge is 0.408 e. The van der Waals surface area contributed by atoms with Crippen molar-refractivity contribution in [3.05, 3.63) is 0 Å². The summed E-state index contributed by atoms with van der Waals surface area (Å²) in [4.78, 5) is 37.0. The zero-order chi connectivity index (χ0) is 17.0. The van der Waals surface area contributed by atoms with E-state index >= 15 is 0 Å². The first-order chi connectivity index (χ1) is 10.1. The molecule has 1 aliphatic heterocycles. The topological polar surface area (TPSA) is 95.9 Å². The molecular formula is C15H26N2O5. The molecule has 22 heavy (non-hydrogen) atoms. The second-order valence-corrected chi connectivity index (χ2v) is 6.64. The quantitative estimate of drug-likeness (QED) is 0.824. The molecule has 0 spiro atoms. The lowest BCUT2D eigenvalue weighted by molar-refractivity contribution is -0.147. The van der Waals surface area contributed by atoms with Gasteiger partial charge in [0.05, 0.1) is 0 Å². The van der Waals surface area contributed by atoms with Crippen LogP contribution in [-0.2, 0) is 14.3 Å². The number of aliphatic carboxylic acids is 1. The first-order valence-corrected chi connectivity index (χ1v) is 7.62. The Morgan fingerprint density at radius 3 is 2.50 bits per heavy atom. The molecule has 1 fully saturated rings. The molecule has 0 bridgehead atoms. The third-order valence-electron chi connectivity index (χ3n) is 3.65. The molecule has 1 rings (SSSR count). The van der Waals surface area contributed by atoms with E-state index in [1.807, 2.05) is 0 Å². The number of hydrogen-bond acceptors (Lipinski definition) is 4. The Labute approximate surface area is 131 Å². The summed E-state index contributed by atoms with van der Waals surface area (Å²) in [5, 5.41) is 11.6. The predicted octanol–water partition coefficient (Wildman–Crippen LogP) is 1.76. The van der Waals surface area contributed by atoms with Gasteiger partial charge in [-0.1, -0.05) is 6.92 Å². The number of alkyl carbamates (subject to hydrolysis) is 1. The summed E-state index contributed by atoms with van der Waals surface area (Å²) in [5.41, 5.74) is -1.75. The standard InChI is InChI=1S/C15H26N2O5/c1-5-15(16-13(21)22-14(2,3)4)8-6-7-9-17(12(15)20)10-11(18)19/h5-10H2,1-4H3,(H,16,21)(H,18,19)/t15-/m0/s1. The average Bonchev–Trinajstić information content (AvgIpc) is 2.50. The molecule has 0 aromatic heterocycles. The van der Waals surface area contributed by atoms with Gasteiger partial charge >= 0.3 is 12.1 Å². The minimum Gasteiger partial charge on any atom is -0.480 e. The van der Waals surface area contributed by atoms with Crippen LogP contribution in [0.2, 0.25) is 0 Å². The summed E-state index contributed by atoms with van der Waals surface area (Å²) in [5.74, 6) is -1.40. The fourth-order valence-electron chi connectivity index (χ4n) is 2.59. The number of rotatable bonds is 4. The Balaban J connectivity index is 2.94. The van der Waals surface area contributed by atoms with E-state index in [0.717, 1.165) is 12.8 Å². The Bertz CT molecular complexity index is 444. The monoisotopic (exact) mass is 314 g/mol. The van der Waals surface area contributed by atoms with Gasteiger partial charge < -0.3 is 20.1 Å². The van der Waals surface area contributed by atoms with Crippen molar-refractivity contribution in [2.24, 2.45) is 0 Å². The molecule has 2 N–H and O–H groups in total. The van der Waals surface area contributed by atoms with Crippen LogP contribution in [-0.4, -0.2) is 52.2 Å². The van der Waals surface area contributed by atoms with Crippen LogP contribution in [0.1, 0.15) is 53.4 Å². The first-order valence-electron chi connectivity index (χ1n) is 7.62. The largest absolute Gasteiger partial charge is 0.480 e. The number of nitrogens with one attached hydrogen (secondary N) is 1. The van der Waals surface area contributed by atoms with Crippen LogP contribution < -0.4 is 5.32 Å². The number of carbonyl (C=O) groups is 3. The predicted molar refractivity (Wildman–Crippen MR) is 80.5 cm³/mol. The molecule has 7 heteroatoms. The van der Waals surface area contributed by atoms with Crippen LogP contribution in [0, 0.1) is 0 Å². The van der Waals surface area contributed by atoms with Gasteiger partial charge in [0.2, 0.25) is 5.91 Å². The number of carboxylic acid groups (broad SMARTS) is 1. The van der Waals surface area contributed by atoms with E-state index in [9.17, 15) is 14.4 Å². The van der Waals surface area contributed by atoms with E-state index in [2.05, 4.69) is 5.32 Å². The van der Waals surface area contributed by atoms with Gasteiger partial charge in [0.1, 0.15) is 17.7 Å². The van der Waals surface area contributed by atoms with Crippen LogP contribution in [0.5, 0.6) is 0 Å². The summed E-state index contributed by atoms with van der Waals surface area (Å²) in [7, 11) is 0. The lowest BCUT2D eigenvalue weighted by atomic mass is 9.89. The molecule has 0 saturated carbocycles. The number of ether oxygens (including phenoxy) is 1. The van der Waals surface area contributed by atoms with Crippen LogP contribution in [0.15, 0.2) is 0 Å². The zero-order valence-corrected chi connectivity index (χ0v) is 13.8. The Hall–Kier alpha value is -1.79. The van der Waals surface area contributed by atoms with E-state index < -0.39 is 23.2 Å². The van der Waals surface area contributed by atoms with Gasteiger partial charge in [-0.3, -0.25) is 9.59 Å². The zero-order valence-electron chi connectivity index (χ0n) is 13.8. The highest BCUT2D eigenvalue weighted by molar-refractivity contribution is 5.92. The van der Waals surface area contributed by atoms with Crippen LogP contribution in [0.4, 0.5) is 4.79 Å². The van der Waals surface area contributed by atoms with Crippen LogP contribution in [0.3, 0.4) is 0 Å². The molecule has 126 valence electrons. The minimum atomic E-state index is -1.09. The summed E-state index contributed by atoms with van der Waals surface area (Å²) in [6, 6.07) is 0. The number of carbonyl (C=O) groups excluding carboxylic acids is 2. The first kappa shape index (κ1) is 18.3. The normalized spacial score (nSPS) is 22.9. The van der Waals surface area contributed by atoms with Crippen molar-refractivity contribution in [1.29, 1.82) is 0 Å². The Morgan fingerprint density at radius 2 is 2.00 bits per heavy atom. The van der Waals surface area contributed by atoms with E-state index in [-0.39, 0.29) is 12.5 Å². The van der Waals surface area contributed by atoms with E-state index in [1.165, 1.54) is 4.90 Å². The Morgan fingerprint density at radius 1 is 1.36 bits per heavy atom. The fourth-order valence-corrected chi connectivity index (χ4v) is 2.59. The van der Waals surface area contributed by atoms with Crippen molar-refractivity contribution >= 4 is 18.0 Å². The van der Waals surface area contributed by atoms with Crippen molar-refractivity contribution in [3.63, 3.8) is 0 Å². The van der Waals surface area contributed by atoms with Gasteiger partial charge in [-0.25, -0.2) is 4.79 Å². The maximum Gasteiger partial charge on any atom is 0.408 e. The third-order valence-corrected chi connectivity index (χ3v) is 3.65. The van der Waals surface area contributed by atoms with E-state index in [0.29, 0.717) is 19.4 Å². The number of amides is 2. The van der Waals surface area contributed by atoms with Gasteiger partial charge in [-0.05, 0) is 46.5 Å². The van der Waals surface area contributed by atoms with Gasteiger partial charge in [-0.2, -0.15) is 0 Å². The number of likely N-dealkylation sites (tertiary alicyclic amines) is 1. The van der Waals surface area contributed by atoms with E-state index in [4.69, 9.17) is 9.84 Å². The lowest BCUT2D eigenvalue weighted by Gasteiger charge is -2.35.